The number of hydrogen-bond acceptors (Lipinski definition) is 3. The molecule has 1 rings (SSSR count). The van der Waals surface area contributed by atoms with Gasteiger partial charge >= 0.3 is 0 Å². The summed E-state index contributed by atoms with van der Waals surface area (Å²) in [6.07, 6.45) is 6.56. The molecule has 1 aromatic rings. The average Bonchev–Trinajstić information content (AvgIpc) is 2.46. The van der Waals surface area contributed by atoms with Crippen molar-refractivity contribution in [1.82, 2.24) is 5.32 Å². The van der Waals surface area contributed by atoms with Crippen LogP contribution in [0.15, 0.2) is 16.6 Å². The fourth-order valence-electron chi connectivity index (χ4n) is 2.27. The van der Waals surface area contributed by atoms with Gasteiger partial charge in [-0.1, -0.05) is 32.6 Å². The van der Waals surface area contributed by atoms with E-state index in [1.165, 1.54) is 37.7 Å². The zero-order valence-corrected chi connectivity index (χ0v) is 15.1. The fraction of sp³-hybridized carbons (Fsp3) is 0.647. The van der Waals surface area contributed by atoms with Crippen molar-refractivity contribution < 1.29 is 9.47 Å². The molecule has 0 aliphatic heterocycles. The Morgan fingerprint density at radius 1 is 1.10 bits per heavy atom. The van der Waals surface area contributed by atoms with Crippen molar-refractivity contribution >= 4 is 15.9 Å². The highest BCUT2D eigenvalue weighted by atomic mass is 79.9. The molecule has 0 spiro atoms. The standard InChI is InChI=1S/C17H28BrNO2/c1-4-6-7-8-9-10-19-13-14-11-15(18)17(20-3)16(12-14)21-5-2/h11-12,19H,4-10,13H2,1-3H3. The third-order valence-electron chi connectivity index (χ3n) is 3.36. The zero-order valence-electron chi connectivity index (χ0n) is 13.5. The third-order valence-corrected chi connectivity index (χ3v) is 3.95. The van der Waals surface area contributed by atoms with E-state index in [1.807, 2.05) is 6.92 Å². The molecule has 0 heterocycles. The molecule has 0 aliphatic rings. The minimum atomic E-state index is 0.636. The van der Waals surface area contributed by atoms with Crippen LogP contribution in [0.3, 0.4) is 0 Å². The monoisotopic (exact) mass is 357 g/mol. The molecule has 0 radical (unpaired) electrons. The summed E-state index contributed by atoms with van der Waals surface area (Å²) in [7, 11) is 1.66. The summed E-state index contributed by atoms with van der Waals surface area (Å²) in [4.78, 5) is 0. The Kier molecular flexibility index (Phi) is 9.51. The minimum absolute atomic E-state index is 0.636. The van der Waals surface area contributed by atoms with Gasteiger partial charge < -0.3 is 14.8 Å². The van der Waals surface area contributed by atoms with Crippen LogP contribution in [0, 0.1) is 0 Å². The zero-order chi connectivity index (χ0) is 15.5. The highest BCUT2D eigenvalue weighted by molar-refractivity contribution is 9.10. The summed E-state index contributed by atoms with van der Waals surface area (Å²) in [5, 5.41) is 3.50. The summed E-state index contributed by atoms with van der Waals surface area (Å²) >= 11 is 3.55. The molecule has 0 bridgehead atoms. The van der Waals surface area contributed by atoms with Crippen LogP contribution >= 0.6 is 15.9 Å². The van der Waals surface area contributed by atoms with Crippen molar-refractivity contribution in [1.29, 1.82) is 0 Å². The SMILES string of the molecule is CCCCCCCNCc1cc(Br)c(OC)c(OCC)c1. The van der Waals surface area contributed by atoms with Gasteiger partial charge in [0.2, 0.25) is 0 Å². The van der Waals surface area contributed by atoms with Gasteiger partial charge in [0.15, 0.2) is 11.5 Å². The lowest BCUT2D eigenvalue weighted by molar-refractivity contribution is 0.309. The lowest BCUT2D eigenvalue weighted by Crippen LogP contribution is -2.14. The number of ether oxygens (including phenoxy) is 2. The van der Waals surface area contributed by atoms with Crippen molar-refractivity contribution in [3.8, 4) is 11.5 Å². The average molecular weight is 358 g/mol. The van der Waals surface area contributed by atoms with Crippen LogP contribution in [0.4, 0.5) is 0 Å². The first-order valence-electron chi connectivity index (χ1n) is 7.92. The number of unbranched alkanes of at least 4 members (excludes halogenated alkanes) is 4. The highest BCUT2D eigenvalue weighted by Gasteiger charge is 2.10. The van der Waals surface area contributed by atoms with Crippen molar-refractivity contribution in [2.75, 3.05) is 20.3 Å². The maximum atomic E-state index is 5.64. The number of benzene rings is 1. The Balaban J connectivity index is 2.44. The first kappa shape index (κ1) is 18.3. The van der Waals surface area contributed by atoms with E-state index in [1.54, 1.807) is 7.11 Å². The second-order valence-corrected chi connectivity index (χ2v) is 5.99. The van der Waals surface area contributed by atoms with Gasteiger partial charge in [0.1, 0.15) is 0 Å². The van der Waals surface area contributed by atoms with E-state index >= 15 is 0 Å². The van der Waals surface area contributed by atoms with Crippen molar-refractivity contribution in [2.24, 2.45) is 0 Å². The second-order valence-electron chi connectivity index (χ2n) is 5.13. The van der Waals surface area contributed by atoms with Crippen LogP contribution in [0.1, 0.15) is 51.5 Å². The van der Waals surface area contributed by atoms with Crippen LogP contribution in [-0.4, -0.2) is 20.3 Å². The largest absolute Gasteiger partial charge is 0.492 e. The van der Waals surface area contributed by atoms with Gasteiger partial charge in [0.05, 0.1) is 18.2 Å². The number of nitrogens with one attached hydrogen (secondary N) is 1. The fourth-order valence-corrected chi connectivity index (χ4v) is 2.92. The van der Waals surface area contributed by atoms with Crippen LogP contribution in [-0.2, 0) is 6.54 Å². The quantitative estimate of drug-likeness (QED) is 0.570. The maximum Gasteiger partial charge on any atom is 0.174 e. The van der Waals surface area contributed by atoms with Gasteiger partial charge in [0, 0.05) is 6.54 Å². The topological polar surface area (TPSA) is 30.5 Å². The first-order chi connectivity index (χ1) is 10.2. The van der Waals surface area contributed by atoms with E-state index in [0.29, 0.717) is 6.61 Å². The first-order valence-corrected chi connectivity index (χ1v) is 8.72. The van der Waals surface area contributed by atoms with E-state index in [9.17, 15) is 0 Å². The van der Waals surface area contributed by atoms with Crippen LogP contribution in [0.2, 0.25) is 0 Å². The molecule has 4 heteroatoms. The molecule has 0 saturated heterocycles. The summed E-state index contributed by atoms with van der Waals surface area (Å²) < 4.78 is 12.0. The van der Waals surface area contributed by atoms with Crippen molar-refractivity contribution in [3.63, 3.8) is 0 Å². The summed E-state index contributed by atoms with van der Waals surface area (Å²) in [6.45, 7) is 6.79. The number of hydrogen-bond donors (Lipinski definition) is 1. The van der Waals surface area contributed by atoms with E-state index < -0.39 is 0 Å². The molecule has 0 amide bonds. The molecule has 0 aliphatic carbocycles. The van der Waals surface area contributed by atoms with Gasteiger partial charge in [-0.3, -0.25) is 0 Å². The molecule has 0 fully saturated rings. The minimum Gasteiger partial charge on any atom is -0.492 e. The molecule has 120 valence electrons. The van der Waals surface area contributed by atoms with E-state index in [-0.39, 0.29) is 0 Å². The molecule has 1 aromatic carbocycles. The molecular formula is C17H28BrNO2. The normalized spacial score (nSPS) is 10.7. The summed E-state index contributed by atoms with van der Waals surface area (Å²) in [5.74, 6) is 1.56. The predicted octanol–water partition coefficient (Wildman–Crippen LogP) is 4.92. The van der Waals surface area contributed by atoms with E-state index in [0.717, 1.165) is 29.1 Å². The Hall–Kier alpha value is -0.740. The Morgan fingerprint density at radius 3 is 2.52 bits per heavy atom. The Bertz CT molecular complexity index is 410. The number of rotatable bonds is 11. The predicted molar refractivity (Wildman–Crippen MR) is 92.3 cm³/mol. The Labute approximate surface area is 137 Å². The maximum absolute atomic E-state index is 5.64. The van der Waals surface area contributed by atoms with Gasteiger partial charge in [-0.15, -0.1) is 0 Å². The molecule has 0 saturated carbocycles. The summed E-state index contributed by atoms with van der Waals surface area (Å²) in [5.41, 5.74) is 1.21. The molecule has 1 N–H and O–H groups in total. The lowest BCUT2D eigenvalue weighted by atomic mass is 10.1. The van der Waals surface area contributed by atoms with Gasteiger partial charge in [-0.05, 0) is 53.5 Å². The van der Waals surface area contributed by atoms with Gasteiger partial charge in [-0.25, -0.2) is 0 Å². The lowest BCUT2D eigenvalue weighted by Gasteiger charge is -2.13. The molecule has 3 nitrogen and oxygen atoms in total. The summed E-state index contributed by atoms with van der Waals surface area (Å²) in [6, 6.07) is 4.14. The van der Waals surface area contributed by atoms with E-state index in [4.69, 9.17) is 9.47 Å². The second kappa shape index (κ2) is 10.9. The smallest absolute Gasteiger partial charge is 0.174 e. The van der Waals surface area contributed by atoms with Gasteiger partial charge in [-0.2, -0.15) is 0 Å². The van der Waals surface area contributed by atoms with Crippen molar-refractivity contribution in [3.05, 3.63) is 22.2 Å². The van der Waals surface area contributed by atoms with Crippen LogP contribution in [0.5, 0.6) is 11.5 Å². The van der Waals surface area contributed by atoms with E-state index in [2.05, 4.69) is 40.3 Å². The highest BCUT2D eigenvalue weighted by Crippen LogP contribution is 2.36. The van der Waals surface area contributed by atoms with Crippen LogP contribution < -0.4 is 14.8 Å². The Morgan fingerprint density at radius 2 is 1.86 bits per heavy atom. The molecular weight excluding hydrogens is 330 g/mol. The van der Waals surface area contributed by atoms with Crippen LogP contribution in [0.25, 0.3) is 0 Å². The van der Waals surface area contributed by atoms with Gasteiger partial charge in [0.25, 0.3) is 0 Å². The number of halogens is 1. The number of methoxy groups -OCH3 is 1. The molecule has 0 unspecified atom stereocenters. The molecule has 0 aromatic heterocycles. The molecule has 0 atom stereocenters. The van der Waals surface area contributed by atoms with Crippen molar-refractivity contribution in [2.45, 2.75) is 52.5 Å². The third kappa shape index (κ3) is 6.70. The molecule has 21 heavy (non-hydrogen) atoms.